The fourth-order valence-corrected chi connectivity index (χ4v) is 9.12. The van der Waals surface area contributed by atoms with Crippen LogP contribution >= 0.6 is 19.6 Å². The normalized spacial score (nSPS) is 21.1. The predicted molar refractivity (Wildman–Crippen MR) is 258 cm³/mol. The van der Waals surface area contributed by atoms with Gasteiger partial charge >= 0.3 is 7.82 Å². The van der Waals surface area contributed by atoms with E-state index in [4.69, 9.17) is 5.73 Å². The molecule has 8 amide bonds. The molecule has 6 atom stereocenters. The van der Waals surface area contributed by atoms with Crippen LogP contribution in [-0.2, 0) is 60.3 Å². The van der Waals surface area contributed by atoms with Gasteiger partial charge in [-0.15, -0.1) is 11.8 Å². The van der Waals surface area contributed by atoms with Crippen LogP contribution < -0.4 is 37.6 Å². The van der Waals surface area contributed by atoms with Gasteiger partial charge in [-0.1, -0.05) is 38.5 Å². The molecule has 3 heterocycles. The molecule has 0 aliphatic carbocycles. The number of imidazole rings is 1. The van der Waals surface area contributed by atoms with Crippen molar-refractivity contribution in [1.82, 2.24) is 51.3 Å². The molecule has 0 radical (unpaired) electrons. The van der Waals surface area contributed by atoms with Gasteiger partial charge in [-0.3, -0.25) is 52.2 Å². The van der Waals surface area contributed by atoms with Gasteiger partial charge in [0.25, 0.3) is 0 Å². The van der Waals surface area contributed by atoms with E-state index in [-0.39, 0.29) is 55.0 Å². The molecule has 1 saturated heterocycles. The minimum absolute atomic E-state index is 0.0307. The lowest BCUT2D eigenvalue weighted by atomic mass is 10.0. The SMILES string of the molecule is CC(=O)n1cc(CCNC(=O)CCCCCN2CC(=O)N[C@@H](CC(C)C)C(=O)N[C@@H](Cc3cnc[nH]3)C(=O)N[C@@H](CO)C(=O)N[C@@H]([C@@H](C)OP(=O)(O)O)C(=O)N[C@@H](C(N)=O)CSCC2=O)c2ccccc21. The van der Waals surface area contributed by atoms with Gasteiger partial charge in [0.15, 0.2) is 0 Å². The van der Waals surface area contributed by atoms with E-state index in [1.54, 1.807) is 24.6 Å². The van der Waals surface area contributed by atoms with Crippen molar-refractivity contribution in [2.24, 2.45) is 11.7 Å². The third kappa shape index (κ3) is 18.5. The van der Waals surface area contributed by atoms with Crippen LogP contribution in [0.25, 0.3) is 10.9 Å². The van der Waals surface area contributed by atoms with Crippen LogP contribution in [0.2, 0.25) is 0 Å². The summed E-state index contributed by atoms with van der Waals surface area (Å²) in [6.45, 7) is 4.84. The Bertz CT molecular complexity index is 2410. The zero-order valence-electron chi connectivity index (χ0n) is 39.9. The molecular weight excluding hydrogens is 970 g/mol. The first-order valence-corrected chi connectivity index (χ1v) is 25.6. The second-order valence-corrected chi connectivity index (χ2v) is 19.6. The number of nitrogens with one attached hydrogen (secondary N) is 7. The number of carbonyl (C=O) groups excluding carboxylic acids is 9. The summed E-state index contributed by atoms with van der Waals surface area (Å²) in [7, 11) is -5.31. The minimum atomic E-state index is -5.31. The summed E-state index contributed by atoms with van der Waals surface area (Å²) in [5.41, 5.74) is 7.63. The maximum absolute atomic E-state index is 14.0. The number of para-hydroxylation sites is 1. The molecule has 1 aromatic carbocycles. The zero-order chi connectivity index (χ0) is 52.4. The number of nitrogens with two attached hydrogens (primary N) is 1. The molecule has 0 saturated carbocycles. The maximum Gasteiger partial charge on any atom is 0.469 e. The van der Waals surface area contributed by atoms with E-state index in [9.17, 15) is 62.6 Å². The number of aromatic nitrogens is 3. The maximum atomic E-state index is 14.0. The number of unbranched alkanes of at least 4 members (excludes halogenated alkanes) is 2. The molecule has 12 N–H and O–H groups in total. The Kier molecular flexibility index (Phi) is 22.2. The van der Waals surface area contributed by atoms with Gasteiger partial charge in [-0.25, -0.2) is 9.55 Å². The van der Waals surface area contributed by atoms with Crippen molar-refractivity contribution in [3.8, 4) is 0 Å². The smallest absolute Gasteiger partial charge is 0.394 e. The third-order valence-electron chi connectivity index (χ3n) is 11.2. The number of hydrogen-bond donors (Lipinski definition) is 11. The molecule has 71 heavy (non-hydrogen) atoms. The van der Waals surface area contributed by atoms with Crippen molar-refractivity contribution >= 4 is 83.7 Å². The Hall–Kier alpha value is -6.18. The average molecular weight is 1030 g/mol. The molecule has 27 heteroatoms. The number of amides is 8. The third-order valence-corrected chi connectivity index (χ3v) is 12.8. The number of phosphoric acid groups is 1. The van der Waals surface area contributed by atoms with E-state index in [2.05, 4.69) is 46.4 Å². The first-order chi connectivity index (χ1) is 33.6. The van der Waals surface area contributed by atoms with Crippen LogP contribution in [0.1, 0.15) is 75.9 Å². The number of nitrogens with zero attached hydrogens (tertiary/aromatic N) is 3. The van der Waals surface area contributed by atoms with Crippen LogP contribution in [-0.4, -0.2) is 162 Å². The summed E-state index contributed by atoms with van der Waals surface area (Å²) in [4.78, 5) is 147. The van der Waals surface area contributed by atoms with Crippen LogP contribution in [0.5, 0.6) is 0 Å². The number of aliphatic hydroxyl groups excluding tert-OH is 1. The lowest BCUT2D eigenvalue weighted by molar-refractivity contribution is -0.137. The van der Waals surface area contributed by atoms with E-state index >= 15 is 0 Å². The lowest BCUT2D eigenvalue weighted by Gasteiger charge is -2.28. The standard InChI is InChI=1S/C44H64N11O14PS/c1-25(2)16-31-41(62)50-32(17-29-18-46-24-48-29)42(63)51-33(21-56)43(64)53-39(26(3)69-70(66,67)68)44(65)52-34(40(45)61)22-71-23-38(60)54(20-37(59)49-31)15-9-5-6-12-36(58)47-14-13-28-19-55(27(4)57)35-11-8-7-10-30(28)35/h7-8,10-11,18-19,24-26,31-34,39,56H,5-6,9,12-17,20-23H2,1-4H3,(H2,45,61)(H,46,48)(H,47,58)(H,49,59)(H,50,62)(H,51,63)(H,52,65)(H,53,64)(H2,66,67,68)/t26-,31+,32+,33+,34-,39+/m1/s1. The molecule has 4 rings (SSSR count). The zero-order valence-corrected chi connectivity index (χ0v) is 41.6. The molecule has 1 aliphatic rings. The second-order valence-electron chi connectivity index (χ2n) is 17.4. The van der Waals surface area contributed by atoms with E-state index in [0.29, 0.717) is 37.9 Å². The van der Waals surface area contributed by atoms with Gasteiger partial charge in [-0.05, 0) is 50.2 Å². The number of primary amides is 1. The number of aliphatic hydroxyl groups is 1. The molecule has 0 bridgehead atoms. The fraction of sp³-hybridized carbons (Fsp3) is 0.545. The van der Waals surface area contributed by atoms with Gasteiger partial charge in [-0.2, -0.15) is 0 Å². The molecule has 0 unspecified atom stereocenters. The van der Waals surface area contributed by atoms with E-state index in [1.165, 1.54) is 24.3 Å². The number of rotatable bonds is 18. The van der Waals surface area contributed by atoms with Crippen LogP contribution in [0.15, 0.2) is 43.0 Å². The number of fused-ring (bicyclic) bond motifs is 1. The number of H-pyrrole nitrogens is 1. The first-order valence-electron chi connectivity index (χ1n) is 22.9. The van der Waals surface area contributed by atoms with Crippen molar-refractivity contribution in [3.63, 3.8) is 0 Å². The number of aromatic amines is 1. The molecular formula is C44H64N11O14PS. The Labute approximate surface area is 413 Å². The number of benzene rings is 1. The monoisotopic (exact) mass is 1030 g/mol. The molecule has 3 aromatic rings. The molecule has 1 aliphatic heterocycles. The van der Waals surface area contributed by atoms with Crippen molar-refractivity contribution < 1.29 is 67.1 Å². The molecule has 0 spiro atoms. The Morgan fingerprint density at radius 1 is 0.930 bits per heavy atom. The number of carbonyl (C=O) groups is 9. The van der Waals surface area contributed by atoms with Crippen LogP contribution in [0.3, 0.4) is 0 Å². The highest BCUT2D eigenvalue weighted by molar-refractivity contribution is 8.00. The number of phosphoric ester groups is 1. The minimum Gasteiger partial charge on any atom is -0.394 e. The second kappa shape index (κ2) is 27.4. The fourth-order valence-electron chi connectivity index (χ4n) is 7.61. The molecule has 2 aromatic heterocycles. The van der Waals surface area contributed by atoms with Crippen molar-refractivity contribution in [3.05, 3.63) is 54.2 Å². The number of thioether (sulfide) groups is 1. The molecule has 390 valence electrons. The van der Waals surface area contributed by atoms with Gasteiger partial charge in [0.2, 0.25) is 53.2 Å². The molecule has 25 nitrogen and oxygen atoms in total. The highest BCUT2D eigenvalue weighted by Crippen LogP contribution is 2.38. The summed E-state index contributed by atoms with van der Waals surface area (Å²) >= 11 is 0.845. The van der Waals surface area contributed by atoms with Crippen LogP contribution in [0.4, 0.5) is 0 Å². The topological polar surface area (TPSA) is 376 Å². The average Bonchev–Trinajstić information content (AvgIpc) is 3.95. The summed E-state index contributed by atoms with van der Waals surface area (Å²) in [6.07, 6.45) is 4.40. The summed E-state index contributed by atoms with van der Waals surface area (Å²) in [5, 5.41) is 26.0. The lowest BCUT2D eigenvalue weighted by Crippen LogP contribution is -2.62. The molecule has 1 fully saturated rings. The predicted octanol–water partition coefficient (Wildman–Crippen LogP) is -1.49. The van der Waals surface area contributed by atoms with Crippen molar-refractivity contribution in [1.29, 1.82) is 0 Å². The summed E-state index contributed by atoms with van der Waals surface area (Å²) in [5.74, 6) is -7.90. The van der Waals surface area contributed by atoms with Crippen molar-refractivity contribution in [2.45, 2.75) is 109 Å². The highest BCUT2D eigenvalue weighted by atomic mass is 32.2. The van der Waals surface area contributed by atoms with Crippen LogP contribution in [0, 0.1) is 5.92 Å². The summed E-state index contributed by atoms with van der Waals surface area (Å²) in [6, 6.07) is -0.580. The first kappa shape index (κ1) is 57.4. The van der Waals surface area contributed by atoms with E-state index in [0.717, 1.165) is 35.2 Å². The van der Waals surface area contributed by atoms with E-state index < -0.39 is 98.6 Å². The van der Waals surface area contributed by atoms with Crippen molar-refractivity contribution in [2.75, 3.05) is 37.7 Å². The van der Waals surface area contributed by atoms with Gasteiger partial charge < -0.3 is 62.4 Å². The van der Waals surface area contributed by atoms with Gasteiger partial charge in [0.1, 0.15) is 30.2 Å². The van der Waals surface area contributed by atoms with Gasteiger partial charge in [0, 0.05) is 62.1 Å². The Morgan fingerprint density at radius 3 is 2.27 bits per heavy atom. The summed E-state index contributed by atoms with van der Waals surface area (Å²) < 4.78 is 18.0. The Morgan fingerprint density at radius 2 is 1.62 bits per heavy atom. The van der Waals surface area contributed by atoms with Gasteiger partial charge in [0.05, 0.1) is 36.9 Å². The van der Waals surface area contributed by atoms with E-state index in [1.807, 2.05) is 24.3 Å². The largest absolute Gasteiger partial charge is 0.469 e. The quantitative estimate of drug-likeness (QED) is 0.0511. The highest BCUT2D eigenvalue weighted by Gasteiger charge is 2.37. The number of hydrogen-bond acceptors (Lipinski definition) is 14. The Balaban J connectivity index is 1.53.